The van der Waals surface area contributed by atoms with Crippen LogP contribution < -0.4 is 0 Å². The third-order valence-electron chi connectivity index (χ3n) is 3.40. The van der Waals surface area contributed by atoms with Crippen LogP contribution in [0.3, 0.4) is 0 Å². The molecule has 2 atom stereocenters. The van der Waals surface area contributed by atoms with Crippen LogP contribution in [-0.2, 0) is 0 Å². The number of allylic oxidation sites excluding steroid dienone is 2. The topological polar surface area (TPSA) is 0 Å². The Morgan fingerprint density at radius 2 is 2.40 bits per heavy atom. The Labute approximate surface area is 63.3 Å². The van der Waals surface area contributed by atoms with Crippen molar-refractivity contribution in [2.75, 3.05) is 0 Å². The third-order valence-corrected chi connectivity index (χ3v) is 3.40. The summed E-state index contributed by atoms with van der Waals surface area (Å²) in [6.07, 6.45) is 8.19. The highest BCUT2D eigenvalue weighted by Gasteiger charge is 2.37. The number of rotatable bonds is 0. The second-order valence-electron chi connectivity index (χ2n) is 4.40. The van der Waals surface area contributed by atoms with Gasteiger partial charge in [0, 0.05) is 0 Å². The smallest absolute Gasteiger partial charge is 0.0201 e. The van der Waals surface area contributed by atoms with E-state index in [4.69, 9.17) is 0 Å². The van der Waals surface area contributed by atoms with Crippen LogP contribution in [-0.4, -0.2) is 0 Å². The van der Waals surface area contributed by atoms with Crippen molar-refractivity contribution in [1.82, 2.24) is 0 Å². The monoisotopic (exact) mass is 136 g/mol. The molecular weight excluding hydrogens is 120 g/mol. The van der Waals surface area contributed by atoms with Gasteiger partial charge in [0.1, 0.15) is 0 Å². The molecule has 0 aliphatic heterocycles. The summed E-state index contributed by atoms with van der Waals surface area (Å²) in [6.45, 7) is 4.74. The maximum atomic E-state index is 2.46. The molecule has 0 aromatic rings. The summed E-state index contributed by atoms with van der Waals surface area (Å²) >= 11 is 0. The molecule has 0 aromatic carbocycles. The van der Waals surface area contributed by atoms with Gasteiger partial charge in [-0.05, 0) is 43.9 Å². The number of fused-ring (bicyclic) bond motifs is 2. The lowest BCUT2D eigenvalue weighted by atomic mass is 9.79. The Bertz CT molecular complexity index is 178. The summed E-state index contributed by atoms with van der Waals surface area (Å²) in [5, 5.41) is 0. The van der Waals surface area contributed by atoms with Crippen molar-refractivity contribution in [2.45, 2.75) is 39.5 Å². The first-order chi connectivity index (χ1) is 4.70. The quantitative estimate of drug-likeness (QED) is 0.449. The zero-order chi connectivity index (χ0) is 7.19. The Balaban J connectivity index is 2.27. The maximum Gasteiger partial charge on any atom is -0.0201 e. The molecule has 0 heteroatoms. The highest BCUT2D eigenvalue weighted by molar-refractivity contribution is 5.14. The first kappa shape index (κ1) is 6.45. The van der Waals surface area contributed by atoms with E-state index in [-0.39, 0.29) is 0 Å². The standard InChI is InChI=1S/C10H16/c1-8-3-5-10(2)6-4-9(8)7-10/h3,9H,4-7H2,1-2H3/t9-,10-/m0/s1. The van der Waals surface area contributed by atoms with Gasteiger partial charge in [-0.15, -0.1) is 0 Å². The molecule has 0 radical (unpaired) electrons. The van der Waals surface area contributed by atoms with E-state index in [2.05, 4.69) is 19.9 Å². The fraction of sp³-hybridized carbons (Fsp3) is 0.800. The van der Waals surface area contributed by atoms with Crippen LogP contribution in [0.1, 0.15) is 39.5 Å². The van der Waals surface area contributed by atoms with E-state index in [0.29, 0.717) is 5.41 Å². The van der Waals surface area contributed by atoms with Crippen molar-refractivity contribution < 1.29 is 0 Å². The highest BCUT2D eigenvalue weighted by atomic mass is 14.4. The Kier molecular flexibility index (Phi) is 1.21. The molecule has 0 nitrogen and oxygen atoms in total. The molecule has 1 fully saturated rings. The summed E-state index contributed by atoms with van der Waals surface area (Å²) in [5.41, 5.74) is 2.36. The van der Waals surface area contributed by atoms with Gasteiger partial charge in [0.25, 0.3) is 0 Å². The van der Waals surface area contributed by atoms with Crippen LogP contribution in [0.5, 0.6) is 0 Å². The molecule has 2 aliphatic rings. The summed E-state index contributed by atoms with van der Waals surface area (Å²) < 4.78 is 0. The Morgan fingerprint density at radius 3 is 3.10 bits per heavy atom. The second kappa shape index (κ2) is 1.87. The van der Waals surface area contributed by atoms with E-state index in [0.717, 1.165) is 5.92 Å². The van der Waals surface area contributed by atoms with Crippen LogP contribution in [0.25, 0.3) is 0 Å². The lowest BCUT2D eigenvalue weighted by Gasteiger charge is -2.27. The lowest BCUT2D eigenvalue weighted by Crippen LogP contribution is -2.14. The SMILES string of the molecule is CC1=CC[C@@]2(C)CC[C@H]1C2. The predicted octanol–water partition coefficient (Wildman–Crippen LogP) is 3.14. The van der Waals surface area contributed by atoms with Gasteiger partial charge >= 0.3 is 0 Å². The average Bonchev–Trinajstić information content (AvgIpc) is 2.23. The molecule has 0 aromatic heterocycles. The highest BCUT2D eigenvalue weighted by Crippen LogP contribution is 2.50. The van der Waals surface area contributed by atoms with Crippen molar-refractivity contribution in [1.29, 1.82) is 0 Å². The lowest BCUT2D eigenvalue weighted by molar-refractivity contribution is 0.318. The molecule has 2 aliphatic carbocycles. The first-order valence-electron chi connectivity index (χ1n) is 4.36. The molecule has 0 N–H and O–H groups in total. The van der Waals surface area contributed by atoms with Crippen molar-refractivity contribution in [3.8, 4) is 0 Å². The van der Waals surface area contributed by atoms with Crippen LogP contribution in [0.2, 0.25) is 0 Å². The maximum absolute atomic E-state index is 2.46. The minimum absolute atomic E-state index is 0.699. The fourth-order valence-corrected chi connectivity index (χ4v) is 2.47. The number of hydrogen-bond donors (Lipinski definition) is 0. The molecule has 2 bridgehead atoms. The molecular formula is C10H16. The number of hydrogen-bond acceptors (Lipinski definition) is 0. The van der Waals surface area contributed by atoms with Gasteiger partial charge in [0.05, 0.1) is 0 Å². The molecule has 56 valence electrons. The van der Waals surface area contributed by atoms with Gasteiger partial charge < -0.3 is 0 Å². The van der Waals surface area contributed by atoms with Crippen molar-refractivity contribution in [3.63, 3.8) is 0 Å². The summed E-state index contributed by atoms with van der Waals surface area (Å²) in [4.78, 5) is 0. The molecule has 0 spiro atoms. The molecule has 0 amide bonds. The minimum Gasteiger partial charge on any atom is -0.0848 e. The van der Waals surface area contributed by atoms with E-state index in [1.807, 2.05) is 0 Å². The van der Waals surface area contributed by atoms with E-state index >= 15 is 0 Å². The molecule has 2 rings (SSSR count). The Morgan fingerprint density at radius 1 is 1.60 bits per heavy atom. The van der Waals surface area contributed by atoms with Gasteiger partial charge in [0.15, 0.2) is 0 Å². The van der Waals surface area contributed by atoms with Crippen molar-refractivity contribution >= 4 is 0 Å². The van der Waals surface area contributed by atoms with E-state index in [1.165, 1.54) is 25.7 Å². The normalized spacial score (nSPS) is 45.4. The summed E-state index contributed by atoms with van der Waals surface area (Å²) in [7, 11) is 0. The zero-order valence-corrected chi connectivity index (χ0v) is 6.98. The van der Waals surface area contributed by atoms with E-state index in [1.54, 1.807) is 5.57 Å². The first-order valence-corrected chi connectivity index (χ1v) is 4.36. The molecule has 10 heavy (non-hydrogen) atoms. The van der Waals surface area contributed by atoms with Crippen LogP contribution in [0.4, 0.5) is 0 Å². The van der Waals surface area contributed by atoms with Crippen molar-refractivity contribution in [3.05, 3.63) is 11.6 Å². The van der Waals surface area contributed by atoms with Gasteiger partial charge in [-0.1, -0.05) is 18.6 Å². The fourth-order valence-electron chi connectivity index (χ4n) is 2.47. The second-order valence-corrected chi connectivity index (χ2v) is 4.40. The Hall–Kier alpha value is -0.260. The van der Waals surface area contributed by atoms with Crippen molar-refractivity contribution in [2.24, 2.45) is 11.3 Å². The largest absolute Gasteiger partial charge is 0.0848 e. The van der Waals surface area contributed by atoms with Crippen LogP contribution in [0.15, 0.2) is 11.6 Å². The molecule has 0 heterocycles. The molecule has 0 saturated heterocycles. The third kappa shape index (κ3) is 0.817. The predicted molar refractivity (Wildman–Crippen MR) is 43.8 cm³/mol. The van der Waals surface area contributed by atoms with E-state index in [9.17, 15) is 0 Å². The van der Waals surface area contributed by atoms with Gasteiger partial charge in [-0.2, -0.15) is 0 Å². The van der Waals surface area contributed by atoms with E-state index < -0.39 is 0 Å². The van der Waals surface area contributed by atoms with Crippen LogP contribution in [0, 0.1) is 11.3 Å². The van der Waals surface area contributed by atoms with Gasteiger partial charge in [0.2, 0.25) is 0 Å². The zero-order valence-electron chi connectivity index (χ0n) is 6.98. The molecule has 0 unspecified atom stereocenters. The summed E-state index contributed by atoms with van der Waals surface area (Å²) in [6, 6.07) is 0. The minimum atomic E-state index is 0.699. The summed E-state index contributed by atoms with van der Waals surface area (Å²) in [5.74, 6) is 0.957. The van der Waals surface area contributed by atoms with Gasteiger partial charge in [-0.25, -0.2) is 0 Å². The molecule has 1 saturated carbocycles. The average molecular weight is 136 g/mol. The van der Waals surface area contributed by atoms with Crippen LogP contribution >= 0.6 is 0 Å². The van der Waals surface area contributed by atoms with Gasteiger partial charge in [-0.3, -0.25) is 0 Å².